The fraction of sp³-hybridized carbons (Fsp3) is 0.500. The maximum atomic E-state index is 3.56. The van der Waals surface area contributed by atoms with Gasteiger partial charge >= 0.3 is 0 Å². The van der Waals surface area contributed by atoms with E-state index in [9.17, 15) is 0 Å². The molecule has 5 heavy (non-hydrogen) atoms. The molecule has 27 valence electrons. The summed E-state index contributed by atoms with van der Waals surface area (Å²) in [5.41, 5.74) is 1.17. The van der Waals surface area contributed by atoms with Crippen LogP contribution in [0.15, 0.2) is 12.2 Å². The third-order valence-electron chi connectivity index (χ3n) is 0. The molecule has 1 radical (unpaired) electrons. The predicted octanol–water partition coefficient (Wildman–Crippen LogP) is 1.58. The Morgan fingerprint density at radius 2 is 1.40 bits per heavy atom. The van der Waals surface area contributed by atoms with Crippen molar-refractivity contribution in [3.8, 4) is 0 Å². The van der Waals surface area contributed by atoms with E-state index in [-0.39, 0.29) is 32.7 Å². The zero-order valence-electron chi connectivity index (χ0n) is 3.78. The smallest absolute Gasteiger partial charge is 0 e. The summed E-state index contributed by atoms with van der Waals surface area (Å²) in [6.07, 6.45) is 0. The van der Waals surface area contributed by atoms with Gasteiger partial charge in [-0.25, -0.2) is 0 Å². The second kappa shape index (κ2) is 4.84. The first-order chi connectivity index (χ1) is 1.73. The predicted molar refractivity (Wildman–Crippen MR) is 20.5 cm³/mol. The minimum absolute atomic E-state index is 0. The molecule has 0 aromatic carbocycles. The third-order valence-corrected chi connectivity index (χ3v) is 0. The molecule has 0 aromatic rings. The molecule has 0 spiro atoms. The van der Waals surface area contributed by atoms with Crippen LogP contribution in [0.2, 0.25) is 0 Å². The Labute approximate surface area is 58.5 Å². The molecule has 0 saturated heterocycles. The fourth-order valence-corrected chi connectivity index (χ4v) is 0. The van der Waals surface area contributed by atoms with Gasteiger partial charge in [0.15, 0.2) is 0 Å². The van der Waals surface area contributed by atoms with E-state index in [0.717, 1.165) is 0 Å². The van der Waals surface area contributed by atoms with Gasteiger partial charge in [-0.15, -0.1) is 6.58 Å². The topological polar surface area (TPSA) is 0 Å². The average Bonchev–Trinajstić information content (AvgIpc) is 0.811. The molecule has 0 aliphatic rings. The van der Waals surface area contributed by atoms with Crippen molar-refractivity contribution in [2.24, 2.45) is 0 Å². The van der Waals surface area contributed by atoms with E-state index < -0.39 is 0 Å². The molecule has 0 fully saturated rings. The van der Waals surface area contributed by atoms with Crippen LogP contribution in [-0.2, 0) is 32.7 Å². The second-order valence-corrected chi connectivity index (χ2v) is 1.21. The van der Waals surface area contributed by atoms with Crippen molar-refractivity contribution in [1.29, 1.82) is 0 Å². The Morgan fingerprint density at radius 3 is 1.40 bits per heavy atom. The quantitative estimate of drug-likeness (QED) is 0.454. The van der Waals surface area contributed by atoms with Gasteiger partial charge in [0.1, 0.15) is 0 Å². The first-order valence-electron chi connectivity index (χ1n) is 1.35. The number of hydrogen-bond donors (Lipinski definition) is 0. The summed E-state index contributed by atoms with van der Waals surface area (Å²) in [7, 11) is 0. The molecule has 0 rings (SSSR count). The molecule has 0 unspecified atom stereocenters. The van der Waals surface area contributed by atoms with Gasteiger partial charge in [-0.2, -0.15) is 0 Å². The summed E-state index contributed by atoms with van der Waals surface area (Å²) in [6.45, 7) is 7.50. The van der Waals surface area contributed by atoms with E-state index in [1.165, 1.54) is 5.57 Å². The van der Waals surface area contributed by atoms with Crippen LogP contribution in [0, 0.1) is 0 Å². The first-order valence-corrected chi connectivity index (χ1v) is 1.35. The second-order valence-electron chi connectivity index (χ2n) is 1.21. The molecule has 0 saturated carbocycles. The molecule has 0 bridgehead atoms. The summed E-state index contributed by atoms with van der Waals surface area (Å²) in [6, 6.07) is 0. The van der Waals surface area contributed by atoms with E-state index in [0.29, 0.717) is 0 Å². The standard InChI is InChI=1S/C4H8.Y/c1-4(2)3;/h1H2,2-3H3;. The zero-order valence-corrected chi connectivity index (χ0v) is 6.62. The van der Waals surface area contributed by atoms with Gasteiger partial charge in [-0.05, 0) is 13.8 Å². The summed E-state index contributed by atoms with van der Waals surface area (Å²) >= 11 is 0. The number of rotatable bonds is 0. The van der Waals surface area contributed by atoms with Crippen LogP contribution in [0.4, 0.5) is 0 Å². The molecule has 0 atom stereocenters. The molecule has 0 nitrogen and oxygen atoms in total. The van der Waals surface area contributed by atoms with Gasteiger partial charge in [-0.3, -0.25) is 0 Å². The van der Waals surface area contributed by atoms with Crippen molar-refractivity contribution >= 4 is 0 Å². The minimum atomic E-state index is 0. The molecular formula is C4H8Y. The Kier molecular flexibility index (Phi) is 8.99. The van der Waals surface area contributed by atoms with Crippen LogP contribution in [0.5, 0.6) is 0 Å². The molecule has 0 aromatic heterocycles. The molecule has 0 aliphatic heterocycles. The maximum Gasteiger partial charge on any atom is 0 e. The Morgan fingerprint density at radius 1 is 1.40 bits per heavy atom. The SMILES string of the molecule is C=C(C)C.[Y]. The first kappa shape index (κ1) is 9.28. The van der Waals surface area contributed by atoms with Crippen LogP contribution in [0.25, 0.3) is 0 Å². The minimum Gasteiger partial charge on any atom is -0.100 e. The summed E-state index contributed by atoms with van der Waals surface area (Å²) in [5.74, 6) is 0. The molecular weight excluding hydrogens is 137 g/mol. The van der Waals surface area contributed by atoms with Crippen molar-refractivity contribution in [2.75, 3.05) is 0 Å². The summed E-state index contributed by atoms with van der Waals surface area (Å²) < 4.78 is 0. The van der Waals surface area contributed by atoms with Crippen molar-refractivity contribution in [3.05, 3.63) is 12.2 Å². The summed E-state index contributed by atoms with van der Waals surface area (Å²) in [5, 5.41) is 0. The van der Waals surface area contributed by atoms with Crippen LogP contribution >= 0.6 is 0 Å². The van der Waals surface area contributed by atoms with Gasteiger partial charge in [0.05, 0.1) is 0 Å². The average molecular weight is 145 g/mol. The van der Waals surface area contributed by atoms with Crippen molar-refractivity contribution < 1.29 is 32.7 Å². The normalized spacial score (nSPS) is 5.20. The van der Waals surface area contributed by atoms with E-state index in [1.807, 2.05) is 13.8 Å². The molecule has 0 N–H and O–H groups in total. The zero-order chi connectivity index (χ0) is 3.58. The monoisotopic (exact) mass is 145 g/mol. The van der Waals surface area contributed by atoms with Crippen LogP contribution < -0.4 is 0 Å². The van der Waals surface area contributed by atoms with Gasteiger partial charge in [0, 0.05) is 32.7 Å². The van der Waals surface area contributed by atoms with Gasteiger partial charge in [-0.1, -0.05) is 5.57 Å². The van der Waals surface area contributed by atoms with Gasteiger partial charge in [0.25, 0.3) is 0 Å². The molecule has 0 amide bonds. The molecule has 1 heteroatoms. The van der Waals surface area contributed by atoms with E-state index in [1.54, 1.807) is 0 Å². The maximum absolute atomic E-state index is 3.56. The van der Waals surface area contributed by atoms with E-state index >= 15 is 0 Å². The number of hydrogen-bond acceptors (Lipinski definition) is 0. The summed E-state index contributed by atoms with van der Waals surface area (Å²) in [4.78, 5) is 0. The van der Waals surface area contributed by atoms with E-state index in [2.05, 4.69) is 6.58 Å². The largest absolute Gasteiger partial charge is 0.100 e. The third kappa shape index (κ3) is 55.0. The van der Waals surface area contributed by atoms with Crippen LogP contribution in [-0.4, -0.2) is 0 Å². The number of allylic oxidation sites excluding steroid dienone is 1. The van der Waals surface area contributed by atoms with Crippen molar-refractivity contribution in [1.82, 2.24) is 0 Å². The van der Waals surface area contributed by atoms with Gasteiger partial charge in [0.2, 0.25) is 0 Å². The Balaban J connectivity index is 0. The van der Waals surface area contributed by atoms with Gasteiger partial charge < -0.3 is 0 Å². The van der Waals surface area contributed by atoms with Crippen LogP contribution in [0.3, 0.4) is 0 Å². The molecule has 0 heterocycles. The van der Waals surface area contributed by atoms with Crippen molar-refractivity contribution in [3.63, 3.8) is 0 Å². The fourth-order valence-electron chi connectivity index (χ4n) is 0. The van der Waals surface area contributed by atoms with Crippen LogP contribution in [0.1, 0.15) is 13.8 Å². The Bertz CT molecular complexity index is 26.6. The van der Waals surface area contributed by atoms with Crippen molar-refractivity contribution in [2.45, 2.75) is 13.8 Å². The molecule has 0 aliphatic carbocycles. The Hall–Kier alpha value is 0.844. The van der Waals surface area contributed by atoms with E-state index in [4.69, 9.17) is 0 Å².